The van der Waals surface area contributed by atoms with Crippen LogP contribution >= 0.6 is 0 Å². The smallest absolute Gasteiger partial charge is 0.379 e. The second kappa shape index (κ2) is 9.22. The highest BCUT2D eigenvalue weighted by Gasteiger charge is 2.51. The van der Waals surface area contributed by atoms with Crippen LogP contribution in [-0.4, -0.2) is 60.5 Å². The van der Waals surface area contributed by atoms with Crippen LogP contribution in [0.4, 0.5) is 26.3 Å². The van der Waals surface area contributed by atoms with E-state index in [1.165, 1.54) is 7.11 Å². The summed E-state index contributed by atoms with van der Waals surface area (Å²) in [5.41, 5.74) is -1.33. The third-order valence-electron chi connectivity index (χ3n) is 3.89. The number of amides is 2. The monoisotopic (exact) mass is 409 g/mol. The van der Waals surface area contributed by atoms with Gasteiger partial charge in [-0.2, -0.15) is 26.3 Å². The summed E-state index contributed by atoms with van der Waals surface area (Å²) in [5.74, 6) is -5.68. The topological polar surface area (TPSA) is 55.8 Å². The van der Waals surface area contributed by atoms with Crippen LogP contribution in [0, 0.1) is 0 Å². The van der Waals surface area contributed by atoms with Gasteiger partial charge in [-0.25, -0.2) is 0 Å². The minimum absolute atomic E-state index is 0.0349. The Morgan fingerprint density at radius 3 is 1.63 bits per heavy atom. The van der Waals surface area contributed by atoms with Crippen molar-refractivity contribution in [1.82, 2.24) is 4.90 Å². The third kappa shape index (κ3) is 9.41. The summed E-state index contributed by atoms with van der Waals surface area (Å²) < 4.78 is 85.6. The number of hydrogen-bond acceptors (Lipinski definition) is 4. The van der Waals surface area contributed by atoms with Gasteiger partial charge in [-0.05, 0) is 47.0 Å². The first-order valence-electron chi connectivity index (χ1n) is 8.12. The SMILES string of the molecule is COC(C)(C)CCOC(C)(C)CCCN(C(=O)C(F)(F)F)C(=O)C(F)(F)F. The van der Waals surface area contributed by atoms with Crippen LogP contribution < -0.4 is 0 Å². The van der Waals surface area contributed by atoms with Gasteiger partial charge >= 0.3 is 24.2 Å². The zero-order valence-electron chi connectivity index (χ0n) is 15.9. The molecule has 0 unspecified atom stereocenters. The number of carbonyl (C=O) groups is 2. The van der Waals surface area contributed by atoms with Crippen LogP contribution in [0.1, 0.15) is 47.0 Å². The van der Waals surface area contributed by atoms with E-state index in [1.54, 1.807) is 13.8 Å². The zero-order valence-corrected chi connectivity index (χ0v) is 15.9. The van der Waals surface area contributed by atoms with Crippen LogP contribution in [0.3, 0.4) is 0 Å². The summed E-state index contributed by atoms with van der Waals surface area (Å²) in [6, 6.07) is 0. The first kappa shape index (κ1) is 25.6. The van der Waals surface area contributed by atoms with Gasteiger partial charge < -0.3 is 9.47 Å². The summed E-state index contributed by atoms with van der Waals surface area (Å²) >= 11 is 0. The van der Waals surface area contributed by atoms with Gasteiger partial charge in [-0.1, -0.05) is 0 Å². The molecule has 11 heteroatoms. The Morgan fingerprint density at radius 2 is 1.26 bits per heavy atom. The normalized spacial score (nSPS) is 13.6. The molecule has 0 aliphatic carbocycles. The van der Waals surface area contributed by atoms with E-state index in [2.05, 4.69) is 0 Å². The summed E-state index contributed by atoms with van der Waals surface area (Å²) in [5, 5.41) is 0. The number of halogens is 6. The first-order valence-corrected chi connectivity index (χ1v) is 8.12. The summed E-state index contributed by atoms with van der Waals surface area (Å²) in [6.07, 6.45) is -10.9. The Bertz CT molecular complexity index is 488. The van der Waals surface area contributed by atoms with Gasteiger partial charge in [0.15, 0.2) is 0 Å². The lowest BCUT2D eigenvalue weighted by atomic mass is 10.0. The van der Waals surface area contributed by atoms with E-state index in [9.17, 15) is 35.9 Å². The van der Waals surface area contributed by atoms with Crippen LogP contribution in [-0.2, 0) is 19.1 Å². The molecule has 0 fully saturated rings. The molecule has 27 heavy (non-hydrogen) atoms. The molecule has 0 saturated heterocycles. The van der Waals surface area contributed by atoms with Gasteiger partial charge in [0.25, 0.3) is 0 Å². The molecule has 2 amide bonds. The predicted octanol–water partition coefficient (Wildman–Crippen LogP) is 3.86. The van der Waals surface area contributed by atoms with Gasteiger partial charge in [-0.3, -0.25) is 14.5 Å². The average Bonchev–Trinajstić information content (AvgIpc) is 2.48. The van der Waals surface area contributed by atoms with Crippen molar-refractivity contribution >= 4 is 11.8 Å². The molecule has 0 spiro atoms. The lowest BCUT2D eigenvalue weighted by Gasteiger charge is -2.30. The van der Waals surface area contributed by atoms with Gasteiger partial charge in [0.05, 0.1) is 17.8 Å². The van der Waals surface area contributed by atoms with E-state index in [0.29, 0.717) is 6.42 Å². The van der Waals surface area contributed by atoms with Crippen molar-refractivity contribution in [3.63, 3.8) is 0 Å². The molecule has 0 atom stereocenters. The maximum absolute atomic E-state index is 12.5. The second-order valence-corrected chi connectivity index (χ2v) is 7.18. The minimum atomic E-state index is -5.58. The zero-order chi connectivity index (χ0) is 21.7. The molecule has 0 rings (SSSR count). The van der Waals surface area contributed by atoms with Crippen molar-refractivity contribution in [3.05, 3.63) is 0 Å². The quantitative estimate of drug-likeness (QED) is 0.543. The Labute approximate surface area is 154 Å². The van der Waals surface area contributed by atoms with Crippen molar-refractivity contribution < 1.29 is 45.4 Å². The van der Waals surface area contributed by atoms with Crippen LogP contribution in [0.5, 0.6) is 0 Å². The Kier molecular flexibility index (Phi) is 8.76. The lowest BCUT2D eigenvalue weighted by molar-refractivity contribution is -0.204. The van der Waals surface area contributed by atoms with E-state index >= 15 is 0 Å². The van der Waals surface area contributed by atoms with Crippen LogP contribution in [0.15, 0.2) is 0 Å². The van der Waals surface area contributed by atoms with Crippen molar-refractivity contribution in [2.45, 2.75) is 70.5 Å². The van der Waals surface area contributed by atoms with Crippen LogP contribution in [0.2, 0.25) is 0 Å². The highest BCUT2D eigenvalue weighted by atomic mass is 19.4. The molecule has 5 nitrogen and oxygen atoms in total. The lowest BCUT2D eigenvalue weighted by Crippen LogP contribution is -2.50. The standard InChI is InChI=1S/C16H25F6NO4/c1-13(2,26-5)8-10-27-14(3,4)7-6-9-23(11(24)15(17,18)19)12(25)16(20,21)22/h6-10H2,1-5H3. The van der Waals surface area contributed by atoms with E-state index < -0.39 is 46.8 Å². The van der Waals surface area contributed by atoms with Crippen molar-refractivity contribution in [3.8, 4) is 0 Å². The predicted molar refractivity (Wildman–Crippen MR) is 83.8 cm³/mol. The second-order valence-electron chi connectivity index (χ2n) is 7.18. The molecular weight excluding hydrogens is 384 g/mol. The number of hydrogen-bond donors (Lipinski definition) is 0. The molecule has 0 aliphatic rings. The number of ether oxygens (including phenoxy) is 2. The average molecular weight is 409 g/mol. The number of nitrogens with zero attached hydrogens (tertiary/aromatic N) is 1. The van der Waals surface area contributed by atoms with Gasteiger partial charge in [0, 0.05) is 13.7 Å². The molecule has 0 radical (unpaired) electrons. The largest absolute Gasteiger partial charge is 0.471 e. The molecule has 160 valence electrons. The van der Waals surface area contributed by atoms with E-state index in [1.807, 2.05) is 13.8 Å². The fourth-order valence-corrected chi connectivity index (χ4v) is 2.01. The molecular formula is C16H25F6NO4. The number of methoxy groups -OCH3 is 1. The summed E-state index contributed by atoms with van der Waals surface area (Å²) in [4.78, 5) is 21.5. The molecule has 0 aromatic heterocycles. The van der Waals surface area contributed by atoms with E-state index in [0.717, 1.165) is 0 Å². The Hall–Kier alpha value is -1.36. The molecule has 0 bridgehead atoms. The van der Waals surface area contributed by atoms with E-state index in [4.69, 9.17) is 9.47 Å². The summed E-state index contributed by atoms with van der Waals surface area (Å²) in [6.45, 7) is 6.09. The number of imide groups is 1. The van der Waals surface area contributed by atoms with Crippen LogP contribution in [0.25, 0.3) is 0 Å². The molecule has 0 saturated carbocycles. The molecule has 0 aromatic carbocycles. The van der Waals surface area contributed by atoms with Crippen molar-refractivity contribution in [2.75, 3.05) is 20.3 Å². The molecule has 0 heterocycles. The fourth-order valence-electron chi connectivity index (χ4n) is 2.01. The fraction of sp³-hybridized carbons (Fsp3) is 0.875. The van der Waals surface area contributed by atoms with Crippen molar-refractivity contribution in [2.24, 2.45) is 0 Å². The van der Waals surface area contributed by atoms with E-state index in [-0.39, 0.29) is 19.4 Å². The van der Waals surface area contributed by atoms with Gasteiger partial charge in [0.2, 0.25) is 0 Å². The molecule has 0 N–H and O–H groups in total. The maximum Gasteiger partial charge on any atom is 0.471 e. The molecule has 0 aromatic rings. The Morgan fingerprint density at radius 1 is 0.815 bits per heavy atom. The first-order chi connectivity index (χ1) is 11.9. The summed E-state index contributed by atoms with van der Waals surface area (Å²) in [7, 11) is 1.52. The van der Waals surface area contributed by atoms with Gasteiger partial charge in [-0.15, -0.1) is 0 Å². The number of alkyl halides is 6. The number of carbonyl (C=O) groups excluding carboxylic acids is 2. The van der Waals surface area contributed by atoms with Gasteiger partial charge in [0.1, 0.15) is 0 Å². The van der Waals surface area contributed by atoms with Crippen molar-refractivity contribution in [1.29, 1.82) is 0 Å². The number of rotatable bonds is 9. The highest BCUT2D eigenvalue weighted by molar-refractivity contribution is 6.00. The minimum Gasteiger partial charge on any atom is -0.379 e. The molecule has 0 aliphatic heterocycles. The highest BCUT2D eigenvalue weighted by Crippen LogP contribution is 2.26. The maximum atomic E-state index is 12.5. The Balaban J connectivity index is 4.84. The third-order valence-corrected chi connectivity index (χ3v) is 3.89.